The maximum absolute atomic E-state index is 13.5. The third-order valence-corrected chi connectivity index (χ3v) is 8.76. The second-order valence-corrected chi connectivity index (χ2v) is 12.0. The lowest BCUT2D eigenvalue weighted by Gasteiger charge is -2.37. The monoisotopic (exact) mass is 496 g/mol. The summed E-state index contributed by atoms with van der Waals surface area (Å²) in [6, 6.07) is 7.42. The summed E-state index contributed by atoms with van der Waals surface area (Å²) in [6.45, 7) is 11.0. The van der Waals surface area contributed by atoms with E-state index in [0.717, 1.165) is 51.4 Å². The minimum atomic E-state index is -0.199. The Morgan fingerprint density at radius 2 is 1.32 bits per heavy atom. The Labute approximate surface area is 224 Å². The van der Waals surface area contributed by atoms with Gasteiger partial charge in [0.1, 0.15) is 0 Å². The molecule has 0 aliphatic heterocycles. The van der Waals surface area contributed by atoms with Gasteiger partial charge in [-0.05, 0) is 91.9 Å². The number of Topliss-reactive ketones (excluding diaryl/α,β-unsaturated/α-hetero) is 2. The molecule has 0 saturated heterocycles. The third kappa shape index (κ3) is 6.06. The van der Waals surface area contributed by atoms with Gasteiger partial charge in [0.25, 0.3) is 0 Å². The summed E-state index contributed by atoms with van der Waals surface area (Å²) >= 11 is 0. The van der Waals surface area contributed by atoms with Crippen LogP contribution in [0.25, 0.3) is 0 Å². The number of ketones is 2. The fourth-order valence-electron chi connectivity index (χ4n) is 6.63. The Bertz CT molecular complexity index is 1180. The molecule has 0 radical (unpaired) electrons. The van der Waals surface area contributed by atoms with Gasteiger partial charge in [-0.3, -0.25) is 9.59 Å². The zero-order chi connectivity index (χ0) is 26.6. The second-order valence-electron chi connectivity index (χ2n) is 12.0. The smallest absolute Gasteiger partial charge is 0.168 e. The van der Waals surface area contributed by atoms with E-state index in [1.165, 1.54) is 22.3 Å². The predicted octanol–water partition coefficient (Wildman–Crippen LogP) is 9.41. The molecule has 1 saturated carbocycles. The lowest BCUT2D eigenvalue weighted by atomic mass is 9.63. The van der Waals surface area contributed by atoms with Gasteiger partial charge in [0.15, 0.2) is 11.6 Å². The van der Waals surface area contributed by atoms with Crippen molar-refractivity contribution in [2.24, 2.45) is 23.2 Å². The van der Waals surface area contributed by atoms with Crippen LogP contribution in [0.2, 0.25) is 0 Å². The fourth-order valence-corrected chi connectivity index (χ4v) is 6.63. The second kappa shape index (κ2) is 11.8. The maximum Gasteiger partial charge on any atom is 0.168 e. The largest absolute Gasteiger partial charge is 0.294 e. The van der Waals surface area contributed by atoms with Crippen LogP contribution in [-0.2, 0) is 0 Å². The van der Waals surface area contributed by atoms with Crippen molar-refractivity contribution in [2.45, 2.75) is 86.0 Å². The number of carbonyl (C=O) groups excluding carboxylic acids is 2. The number of rotatable bonds is 11. The van der Waals surface area contributed by atoms with Gasteiger partial charge in [0.05, 0.1) is 0 Å². The summed E-state index contributed by atoms with van der Waals surface area (Å²) in [6.07, 6.45) is 22.3. The molecule has 4 atom stereocenters. The third-order valence-electron chi connectivity index (χ3n) is 8.76. The first kappa shape index (κ1) is 27.3. The number of carbonyl (C=O) groups is 2. The van der Waals surface area contributed by atoms with Crippen LogP contribution in [0.15, 0.2) is 83.0 Å². The average Bonchev–Trinajstić information content (AvgIpc) is 3.43. The molecule has 2 heteroatoms. The molecular weight excluding hydrogens is 452 g/mol. The minimum Gasteiger partial charge on any atom is -0.294 e. The predicted molar refractivity (Wildman–Crippen MR) is 155 cm³/mol. The lowest BCUT2D eigenvalue weighted by Crippen LogP contribution is -2.42. The lowest BCUT2D eigenvalue weighted by molar-refractivity contribution is 0.0665. The Morgan fingerprint density at radius 1 is 0.784 bits per heavy atom. The molecule has 37 heavy (non-hydrogen) atoms. The van der Waals surface area contributed by atoms with E-state index in [9.17, 15) is 9.59 Å². The van der Waals surface area contributed by atoms with Crippen molar-refractivity contribution >= 4 is 11.6 Å². The van der Waals surface area contributed by atoms with Crippen molar-refractivity contribution in [3.63, 3.8) is 0 Å². The van der Waals surface area contributed by atoms with Crippen molar-refractivity contribution in [3.8, 4) is 0 Å². The molecule has 0 N–H and O–H groups in total. The van der Waals surface area contributed by atoms with Crippen LogP contribution in [0.4, 0.5) is 0 Å². The van der Waals surface area contributed by atoms with Crippen molar-refractivity contribution in [3.05, 3.63) is 94.1 Å². The standard InChI is InChI=1S/C35H44O2/c1-24(2)11-8-12-25(3)13-9-14-26(4)15-10-16-27(5)19-21-35-22-20-28(23-35)31-32(35)34(37)30-18-7-6-17-29(30)33(31)36/h6-7,11,13,15,17-20,22,28,31-32H,8-10,12,14,16,21,23H2,1-5H3/t28-,31?,32?,35+/m1/s1. The summed E-state index contributed by atoms with van der Waals surface area (Å²) in [5.74, 6) is 0.193. The normalized spacial score (nSPS) is 26.9. The molecule has 0 aromatic heterocycles. The minimum absolute atomic E-state index is 0.170. The Morgan fingerprint density at radius 3 is 1.92 bits per heavy atom. The summed E-state index contributed by atoms with van der Waals surface area (Å²) in [5.41, 5.74) is 6.80. The highest BCUT2D eigenvalue weighted by molar-refractivity contribution is 6.17. The van der Waals surface area contributed by atoms with E-state index >= 15 is 0 Å². The van der Waals surface area contributed by atoms with E-state index in [1.807, 2.05) is 24.3 Å². The van der Waals surface area contributed by atoms with Crippen LogP contribution in [0.1, 0.15) is 107 Å². The van der Waals surface area contributed by atoms with E-state index in [-0.39, 0.29) is 34.7 Å². The number of hydrogen-bond acceptors (Lipinski definition) is 2. The van der Waals surface area contributed by atoms with Crippen molar-refractivity contribution in [2.75, 3.05) is 0 Å². The van der Waals surface area contributed by atoms with Gasteiger partial charge in [0.2, 0.25) is 0 Å². The Kier molecular flexibility index (Phi) is 8.67. The van der Waals surface area contributed by atoms with Crippen LogP contribution in [0, 0.1) is 23.2 Å². The Hall–Kier alpha value is -2.74. The number of fused-ring (bicyclic) bond motifs is 6. The molecule has 1 aromatic carbocycles. The molecule has 196 valence electrons. The van der Waals surface area contributed by atoms with Crippen LogP contribution >= 0.6 is 0 Å². The highest BCUT2D eigenvalue weighted by Crippen LogP contribution is 2.61. The van der Waals surface area contributed by atoms with Crippen LogP contribution < -0.4 is 0 Å². The molecule has 2 nitrogen and oxygen atoms in total. The first-order chi connectivity index (χ1) is 17.7. The summed E-state index contributed by atoms with van der Waals surface area (Å²) < 4.78 is 0. The first-order valence-electron chi connectivity index (χ1n) is 14.2. The molecule has 1 fully saturated rings. The molecular formula is C35H44O2. The van der Waals surface area contributed by atoms with Gasteiger partial charge in [-0.15, -0.1) is 0 Å². The number of hydrogen-bond donors (Lipinski definition) is 0. The summed E-state index contributed by atoms with van der Waals surface area (Å²) in [5, 5.41) is 0. The average molecular weight is 497 g/mol. The molecule has 4 rings (SSSR count). The van der Waals surface area contributed by atoms with Crippen LogP contribution in [0.5, 0.6) is 0 Å². The molecule has 0 amide bonds. The van der Waals surface area contributed by atoms with E-state index in [4.69, 9.17) is 0 Å². The molecule has 0 heterocycles. The first-order valence-corrected chi connectivity index (χ1v) is 14.2. The van der Waals surface area contributed by atoms with Crippen LogP contribution in [-0.4, -0.2) is 11.6 Å². The highest BCUT2D eigenvalue weighted by atomic mass is 16.1. The van der Waals surface area contributed by atoms with Crippen molar-refractivity contribution < 1.29 is 9.59 Å². The highest BCUT2D eigenvalue weighted by Gasteiger charge is 2.61. The van der Waals surface area contributed by atoms with E-state index in [2.05, 4.69) is 71.1 Å². The van der Waals surface area contributed by atoms with Gasteiger partial charge >= 0.3 is 0 Å². The van der Waals surface area contributed by atoms with Crippen molar-refractivity contribution in [1.82, 2.24) is 0 Å². The van der Waals surface area contributed by atoms with E-state index < -0.39 is 0 Å². The zero-order valence-electron chi connectivity index (χ0n) is 23.5. The molecule has 2 unspecified atom stereocenters. The number of allylic oxidation sites excluding steroid dienone is 10. The molecule has 2 bridgehead atoms. The maximum atomic E-state index is 13.5. The van der Waals surface area contributed by atoms with Gasteiger partial charge < -0.3 is 0 Å². The van der Waals surface area contributed by atoms with Gasteiger partial charge in [-0.1, -0.05) is 83.0 Å². The number of benzene rings is 1. The summed E-state index contributed by atoms with van der Waals surface area (Å²) in [7, 11) is 0. The van der Waals surface area contributed by atoms with Gasteiger partial charge in [-0.25, -0.2) is 0 Å². The topological polar surface area (TPSA) is 34.1 Å². The van der Waals surface area contributed by atoms with Gasteiger partial charge in [-0.2, -0.15) is 0 Å². The van der Waals surface area contributed by atoms with Crippen LogP contribution in [0.3, 0.4) is 0 Å². The zero-order valence-corrected chi connectivity index (χ0v) is 23.5. The molecule has 1 aromatic rings. The SMILES string of the molecule is CC(C)=CCCC(C)=CCCC(C)=CCCC(C)=CC[C@]12C=C[C@H](C1)C1C(=O)c3ccccc3C(=O)C12. The quantitative estimate of drug-likeness (QED) is 0.286. The van der Waals surface area contributed by atoms with E-state index in [0.29, 0.717) is 11.1 Å². The molecule has 0 spiro atoms. The Balaban J connectivity index is 1.30. The molecule has 3 aliphatic carbocycles. The van der Waals surface area contributed by atoms with E-state index in [1.54, 1.807) is 0 Å². The van der Waals surface area contributed by atoms with Crippen molar-refractivity contribution in [1.29, 1.82) is 0 Å². The fraction of sp³-hybridized carbons (Fsp3) is 0.486. The summed E-state index contributed by atoms with van der Waals surface area (Å²) in [4.78, 5) is 26.8. The van der Waals surface area contributed by atoms with Gasteiger partial charge in [0, 0.05) is 28.4 Å². The molecule has 3 aliphatic rings.